The molecule has 2 aromatic heterocycles. The van der Waals surface area contributed by atoms with E-state index in [0.717, 1.165) is 6.42 Å². The molecule has 1 amide bonds. The Morgan fingerprint density at radius 3 is 2.69 bits per heavy atom. The van der Waals surface area contributed by atoms with Gasteiger partial charge in [-0.15, -0.1) is 0 Å². The molecular formula is C18H20ClN5O5. The van der Waals surface area contributed by atoms with Crippen molar-refractivity contribution in [3.05, 3.63) is 11.5 Å². The third kappa shape index (κ3) is 3.41. The summed E-state index contributed by atoms with van der Waals surface area (Å²) in [5, 5.41) is 2.66. The van der Waals surface area contributed by atoms with Crippen LogP contribution >= 0.6 is 11.6 Å². The van der Waals surface area contributed by atoms with Gasteiger partial charge in [0.25, 0.3) is 0 Å². The number of ether oxygens (including phenoxy) is 2. The minimum Gasteiger partial charge on any atom is -0.465 e. The van der Waals surface area contributed by atoms with Gasteiger partial charge in [0, 0.05) is 38.6 Å². The number of imidazole rings is 1. The second-order valence-electron chi connectivity index (χ2n) is 7.57. The molecule has 2 aliphatic carbocycles. The van der Waals surface area contributed by atoms with Crippen LogP contribution in [0.2, 0.25) is 5.15 Å². The van der Waals surface area contributed by atoms with Gasteiger partial charge in [0.2, 0.25) is 11.9 Å². The van der Waals surface area contributed by atoms with Crippen LogP contribution in [0, 0.1) is 11.3 Å². The minimum absolute atomic E-state index is 0.0731. The number of halogens is 1. The molecule has 2 aromatic rings. The van der Waals surface area contributed by atoms with Crippen LogP contribution in [0.4, 0.5) is 5.95 Å². The van der Waals surface area contributed by atoms with Crippen LogP contribution in [0.1, 0.15) is 39.7 Å². The number of anilines is 1. The smallest absolute Gasteiger partial charge is 0.302 e. The topological polar surface area (TPSA) is 125 Å². The Hall–Kier alpha value is -2.75. The van der Waals surface area contributed by atoms with Gasteiger partial charge in [-0.2, -0.15) is 9.97 Å². The lowest BCUT2D eigenvalue weighted by Gasteiger charge is -2.23. The highest BCUT2D eigenvalue weighted by molar-refractivity contribution is 6.33. The Morgan fingerprint density at radius 1 is 1.28 bits per heavy atom. The van der Waals surface area contributed by atoms with E-state index in [1.807, 2.05) is 4.57 Å². The lowest BCUT2D eigenvalue weighted by Crippen LogP contribution is -2.29. The average Bonchev–Trinajstić information content (AvgIpc) is 3.07. The standard InChI is InChI=1S/C18H20ClN5O5/c1-8(25)21-17-22-15(19)14-16(23-17)24(7-20-14)12-4-13(29-10(3)27)18(5-11(12)18)6-28-9(2)26/h7,11-13H,4-6H2,1-3H3,(H,21,22,23,25)/t11-,12+,13+,18+/m1/s1. The monoisotopic (exact) mass is 421 g/mol. The predicted molar refractivity (Wildman–Crippen MR) is 101 cm³/mol. The molecule has 29 heavy (non-hydrogen) atoms. The van der Waals surface area contributed by atoms with Crippen LogP contribution in [0.25, 0.3) is 11.2 Å². The van der Waals surface area contributed by atoms with Gasteiger partial charge in [-0.25, -0.2) is 4.98 Å². The van der Waals surface area contributed by atoms with E-state index in [1.165, 1.54) is 20.8 Å². The highest BCUT2D eigenvalue weighted by atomic mass is 35.5. The second-order valence-corrected chi connectivity index (χ2v) is 7.93. The van der Waals surface area contributed by atoms with E-state index in [2.05, 4.69) is 20.3 Å². The summed E-state index contributed by atoms with van der Waals surface area (Å²) in [5.41, 5.74) is 0.494. The fraction of sp³-hybridized carbons (Fsp3) is 0.556. The molecule has 2 heterocycles. The number of carbonyl (C=O) groups excluding carboxylic acids is 3. The summed E-state index contributed by atoms with van der Waals surface area (Å²) in [6.07, 6.45) is 2.53. The van der Waals surface area contributed by atoms with Crippen molar-refractivity contribution in [2.24, 2.45) is 11.3 Å². The molecule has 0 aromatic carbocycles. The minimum atomic E-state index is -0.407. The third-order valence-corrected chi connectivity index (χ3v) is 5.88. The van der Waals surface area contributed by atoms with E-state index >= 15 is 0 Å². The number of esters is 2. The molecule has 11 heteroatoms. The lowest BCUT2D eigenvalue weighted by atomic mass is 10.0. The number of hydrogen-bond donors (Lipinski definition) is 1. The van der Waals surface area contributed by atoms with Crippen LogP contribution in [-0.4, -0.2) is 50.1 Å². The molecule has 4 rings (SSSR count). The fourth-order valence-corrected chi connectivity index (χ4v) is 4.58. The number of nitrogens with one attached hydrogen (secondary N) is 1. The zero-order valence-electron chi connectivity index (χ0n) is 16.1. The van der Waals surface area contributed by atoms with E-state index < -0.39 is 5.41 Å². The van der Waals surface area contributed by atoms with Gasteiger partial charge < -0.3 is 14.0 Å². The van der Waals surface area contributed by atoms with Crippen molar-refractivity contribution in [1.82, 2.24) is 19.5 Å². The highest BCUT2D eigenvalue weighted by Gasteiger charge is 2.70. The van der Waals surface area contributed by atoms with E-state index in [-0.39, 0.29) is 53.6 Å². The molecule has 0 bridgehead atoms. The van der Waals surface area contributed by atoms with Gasteiger partial charge in [0.1, 0.15) is 18.2 Å². The Morgan fingerprint density at radius 2 is 2.03 bits per heavy atom. The first-order valence-electron chi connectivity index (χ1n) is 9.19. The predicted octanol–water partition coefficient (Wildman–Crippen LogP) is 1.88. The quantitative estimate of drug-likeness (QED) is 0.573. The molecule has 0 aliphatic heterocycles. The molecular weight excluding hydrogens is 402 g/mol. The molecule has 0 spiro atoms. The van der Waals surface area contributed by atoms with Crippen molar-refractivity contribution in [3.63, 3.8) is 0 Å². The van der Waals surface area contributed by atoms with E-state index in [9.17, 15) is 14.4 Å². The molecule has 0 unspecified atom stereocenters. The molecule has 2 aliphatic rings. The maximum absolute atomic E-state index is 11.6. The van der Waals surface area contributed by atoms with Crippen LogP contribution in [-0.2, 0) is 23.9 Å². The average molecular weight is 422 g/mol. The maximum atomic E-state index is 11.6. The molecule has 154 valence electrons. The summed E-state index contributed by atoms with van der Waals surface area (Å²) in [6.45, 7) is 4.27. The van der Waals surface area contributed by atoms with E-state index in [0.29, 0.717) is 17.6 Å². The van der Waals surface area contributed by atoms with Crippen molar-refractivity contribution in [3.8, 4) is 0 Å². The zero-order chi connectivity index (χ0) is 20.9. The van der Waals surface area contributed by atoms with Crippen LogP contribution in [0.15, 0.2) is 6.33 Å². The van der Waals surface area contributed by atoms with Crippen molar-refractivity contribution in [1.29, 1.82) is 0 Å². The normalized spacial score (nSPS) is 27.4. The van der Waals surface area contributed by atoms with Crippen LogP contribution in [0.3, 0.4) is 0 Å². The van der Waals surface area contributed by atoms with Crippen molar-refractivity contribution in [2.45, 2.75) is 45.8 Å². The van der Waals surface area contributed by atoms with E-state index in [4.69, 9.17) is 21.1 Å². The molecule has 0 saturated heterocycles. The number of amides is 1. The van der Waals surface area contributed by atoms with Gasteiger partial charge in [0.15, 0.2) is 10.8 Å². The summed E-state index contributed by atoms with van der Waals surface area (Å²) in [6, 6.07) is -0.0731. The van der Waals surface area contributed by atoms with Gasteiger partial charge in [-0.3, -0.25) is 19.7 Å². The zero-order valence-corrected chi connectivity index (χ0v) is 16.9. The van der Waals surface area contributed by atoms with Gasteiger partial charge in [-0.05, 0) is 12.3 Å². The number of fused-ring (bicyclic) bond motifs is 2. The highest BCUT2D eigenvalue weighted by Crippen LogP contribution is 2.68. The Balaban J connectivity index is 1.69. The summed E-state index contributed by atoms with van der Waals surface area (Å²) < 4.78 is 12.7. The summed E-state index contributed by atoms with van der Waals surface area (Å²) in [4.78, 5) is 47.1. The fourth-order valence-electron chi connectivity index (χ4n) is 4.36. The summed E-state index contributed by atoms with van der Waals surface area (Å²) >= 11 is 6.22. The largest absolute Gasteiger partial charge is 0.465 e. The second kappa shape index (κ2) is 6.94. The van der Waals surface area contributed by atoms with Crippen LogP contribution < -0.4 is 5.32 Å². The van der Waals surface area contributed by atoms with Crippen molar-refractivity contribution in [2.75, 3.05) is 11.9 Å². The number of carbonyl (C=O) groups is 3. The SMILES string of the molecule is CC(=O)Nc1nc(Cl)c2ncn([C@H]3C[C@H](OC(C)=O)[C@]4(COC(C)=O)C[C@H]34)c2n1. The van der Waals surface area contributed by atoms with Crippen molar-refractivity contribution < 1.29 is 23.9 Å². The number of nitrogens with zero attached hydrogens (tertiary/aromatic N) is 4. The Kier molecular flexibility index (Phi) is 4.68. The number of rotatable bonds is 5. The maximum Gasteiger partial charge on any atom is 0.302 e. The molecule has 2 fully saturated rings. The van der Waals surface area contributed by atoms with E-state index in [1.54, 1.807) is 6.33 Å². The Labute approximate surface area is 170 Å². The Bertz CT molecular complexity index is 1020. The first kappa shape index (κ1) is 19.6. The number of aromatic nitrogens is 4. The van der Waals surface area contributed by atoms with Gasteiger partial charge in [0.05, 0.1) is 6.33 Å². The molecule has 1 N–H and O–H groups in total. The van der Waals surface area contributed by atoms with Gasteiger partial charge >= 0.3 is 11.9 Å². The third-order valence-electron chi connectivity index (χ3n) is 5.62. The first-order valence-corrected chi connectivity index (χ1v) is 9.57. The molecule has 2 saturated carbocycles. The summed E-state index contributed by atoms with van der Waals surface area (Å²) in [7, 11) is 0. The summed E-state index contributed by atoms with van der Waals surface area (Å²) in [5.74, 6) is -0.848. The molecule has 0 radical (unpaired) electrons. The molecule has 4 atom stereocenters. The number of hydrogen-bond acceptors (Lipinski definition) is 8. The van der Waals surface area contributed by atoms with Crippen LogP contribution in [0.5, 0.6) is 0 Å². The first-order chi connectivity index (χ1) is 13.7. The lowest BCUT2D eigenvalue weighted by molar-refractivity contribution is -0.153. The van der Waals surface area contributed by atoms with Gasteiger partial charge in [-0.1, -0.05) is 11.6 Å². The molecule has 10 nitrogen and oxygen atoms in total. The van der Waals surface area contributed by atoms with Crippen molar-refractivity contribution >= 4 is 46.6 Å².